The molecule has 1 N–H and O–H groups in total. The molecule has 0 saturated heterocycles. The minimum atomic E-state index is 0.744. The highest BCUT2D eigenvalue weighted by Gasteiger charge is 2.56. The van der Waals surface area contributed by atoms with Gasteiger partial charge in [0.1, 0.15) is 0 Å². The summed E-state index contributed by atoms with van der Waals surface area (Å²) in [5, 5.41) is 3.91. The topological polar surface area (TPSA) is 12.0 Å². The fourth-order valence-electron chi connectivity index (χ4n) is 4.68. The third-order valence-electron chi connectivity index (χ3n) is 5.70. The number of rotatable bonds is 5. The summed E-state index contributed by atoms with van der Waals surface area (Å²) in [5.74, 6) is 3.17. The minimum Gasteiger partial charge on any atom is -0.310 e. The lowest BCUT2D eigenvalue weighted by Gasteiger charge is -2.25. The van der Waals surface area contributed by atoms with E-state index in [1.807, 2.05) is 0 Å². The summed E-state index contributed by atoms with van der Waals surface area (Å²) in [7, 11) is 0. The lowest BCUT2D eigenvalue weighted by atomic mass is 9.90. The van der Waals surface area contributed by atoms with Crippen molar-refractivity contribution in [1.29, 1.82) is 0 Å². The molecule has 0 radical (unpaired) electrons. The normalized spacial score (nSPS) is 36.1. The predicted molar refractivity (Wildman–Crippen MR) is 82.2 cm³/mol. The third-order valence-corrected chi connectivity index (χ3v) is 5.70. The van der Waals surface area contributed by atoms with Crippen LogP contribution in [0.15, 0.2) is 11.6 Å². The van der Waals surface area contributed by atoms with E-state index in [4.69, 9.17) is 0 Å². The Bertz CT molecular complexity index is 310. The van der Waals surface area contributed by atoms with E-state index in [-0.39, 0.29) is 0 Å². The zero-order valence-corrected chi connectivity index (χ0v) is 12.7. The maximum Gasteiger partial charge on any atom is 0.0313 e. The molecule has 2 fully saturated rings. The molecule has 1 nitrogen and oxygen atoms in total. The van der Waals surface area contributed by atoms with Crippen LogP contribution in [0.25, 0.3) is 0 Å². The van der Waals surface area contributed by atoms with Crippen LogP contribution in [0.4, 0.5) is 0 Å². The van der Waals surface area contributed by atoms with Gasteiger partial charge in [-0.25, -0.2) is 0 Å². The molecule has 0 aromatic rings. The molecule has 3 aliphatic carbocycles. The van der Waals surface area contributed by atoms with Crippen LogP contribution in [0.2, 0.25) is 0 Å². The van der Waals surface area contributed by atoms with E-state index < -0.39 is 0 Å². The molecule has 3 unspecified atom stereocenters. The summed E-state index contributed by atoms with van der Waals surface area (Å²) in [6.45, 7) is 3.50. The van der Waals surface area contributed by atoms with E-state index in [9.17, 15) is 0 Å². The van der Waals surface area contributed by atoms with Gasteiger partial charge < -0.3 is 5.32 Å². The van der Waals surface area contributed by atoms with Crippen LogP contribution in [0.5, 0.6) is 0 Å². The van der Waals surface area contributed by atoms with Crippen LogP contribution in [0.1, 0.15) is 71.1 Å². The number of allylic oxidation sites excluding steroid dienone is 1. The first-order chi connectivity index (χ1) is 9.42. The Balaban J connectivity index is 1.67. The molecule has 3 atom stereocenters. The first-order valence-corrected chi connectivity index (χ1v) is 8.84. The van der Waals surface area contributed by atoms with E-state index in [0.29, 0.717) is 0 Å². The van der Waals surface area contributed by atoms with Gasteiger partial charge in [-0.3, -0.25) is 0 Å². The summed E-state index contributed by atoms with van der Waals surface area (Å²) >= 11 is 0. The van der Waals surface area contributed by atoms with Crippen LogP contribution in [-0.4, -0.2) is 12.6 Å². The Labute approximate surface area is 119 Å². The molecule has 0 aliphatic heterocycles. The molecule has 0 aromatic heterocycles. The van der Waals surface area contributed by atoms with E-state index in [0.717, 1.165) is 23.8 Å². The molecule has 2 saturated carbocycles. The van der Waals surface area contributed by atoms with Crippen molar-refractivity contribution in [2.75, 3.05) is 6.54 Å². The van der Waals surface area contributed by atoms with Crippen LogP contribution in [-0.2, 0) is 0 Å². The van der Waals surface area contributed by atoms with Gasteiger partial charge in [0.05, 0.1) is 0 Å². The third kappa shape index (κ3) is 3.07. The van der Waals surface area contributed by atoms with Gasteiger partial charge in [0.15, 0.2) is 0 Å². The predicted octanol–water partition coefficient (Wildman–Crippen LogP) is 4.68. The summed E-state index contributed by atoms with van der Waals surface area (Å²) in [4.78, 5) is 0. The highest BCUT2D eigenvalue weighted by Crippen LogP contribution is 2.60. The molecular weight excluding hydrogens is 230 g/mol. The first-order valence-electron chi connectivity index (χ1n) is 8.84. The Morgan fingerprint density at radius 2 is 1.89 bits per heavy atom. The van der Waals surface area contributed by atoms with Crippen molar-refractivity contribution >= 4 is 0 Å². The molecule has 0 spiro atoms. The second-order valence-corrected chi connectivity index (χ2v) is 7.00. The molecule has 3 rings (SSSR count). The monoisotopic (exact) mass is 261 g/mol. The van der Waals surface area contributed by atoms with Gasteiger partial charge in [0, 0.05) is 6.04 Å². The molecule has 0 bridgehead atoms. The summed E-state index contributed by atoms with van der Waals surface area (Å²) in [6, 6.07) is 0.744. The highest BCUT2D eigenvalue weighted by atomic mass is 14.9. The molecule has 0 aromatic carbocycles. The average Bonchev–Trinajstić information content (AvgIpc) is 2.84. The molecular formula is C18H31N. The van der Waals surface area contributed by atoms with E-state index in [1.165, 1.54) is 70.8 Å². The van der Waals surface area contributed by atoms with Crippen LogP contribution >= 0.6 is 0 Å². The Hall–Kier alpha value is -0.300. The van der Waals surface area contributed by atoms with Gasteiger partial charge in [0.25, 0.3) is 0 Å². The second kappa shape index (κ2) is 6.43. The molecule has 0 heterocycles. The molecule has 1 heteroatoms. The Morgan fingerprint density at radius 3 is 2.68 bits per heavy atom. The number of nitrogens with one attached hydrogen (secondary N) is 1. The molecule has 108 valence electrons. The Kier molecular flexibility index (Phi) is 4.63. The van der Waals surface area contributed by atoms with Gasteiger partial charge in [-0.15, -0.1) is 0 Å². The summed E-state index contributed by atoms with van der Waals surface area (Å²) < 4.78 is 0. The fraction of sp³-hybridized carbons (Fsp3) is 0.889. The standard InChI is InChI=1S/C18H31N/c1-2-13-19-18(17-15-11-8-12-16(15)17)14-9-6-4-3-5-7-10-14/h9,15-19H,2-8,10-13H2,1H3. The van der Waals surface area contributed by atoms with Crippen molar-refractivity contribution in [3.63, 3.8) is 0 Å². The second-order valence-electron chi connectivity index (χ2n) is 7.00. The lowest BCUT2D eigenvalue weighted by Crippen LogP contribution is -2.35. The van der Waals surface area contributed by atoms with Gasteiger partial charge >= 0.3 is 0 Å². The van der Waals surface area contributed by atoms with Gasteiger partial charge in [-0.05, 0) is 69.2 Å². The summed E-state index contributed by atoms with van der Waals surface area (Å²) in [5.41, 5.74) is 1.78. The fourth-order valence-corrected chi connectivity index (χ4v) is 4.68. The number of hydrogen-bond acceptors (Lipinski definition) is 1. The van der Waals surface area contributed by atoms with E-state index in [1.54, 1.807) is 5.57 Å². The largest absolute Gasteiger partial charge is 0.310 e. The van der Waals surface area contributed by atoms with Crippen molar-refractivity contribution in [2.45, 2.75) is 77.2 Å². The minimum absolute atomic E-state index is 0.744. The summed E-state index contributed by atoms with van der Waals surface area (Å²) in [6.07, 6.45) is 16.9. The SMILES string of the molecule is CCCNC(C1=CCCCCCC1)C1C2CCCC21. The maximum atomic E-state index is 3.91. The lowest BCUT2D eigenvalue weighted by molar-refractivity contribution is 0.431. The quantitative estimate of drug-likeness (QED) is 0.708. The highest BCUT2D eigenvalue weighted by molar-refractivity contribution is 5.20. The van der Waals surface area contributed by atoms with Crippen molar-refractivity contribution in [3.05, 3.63) is 11.6 Å². The van der Waals surface area contributed by atoms with Crippen LogP contribution in [0, 0.1) is 17.8 Å². The van der Waals surface area contributed by atoms with Crippen molar-refractivity contribution in [1.82, 2.24) is 5.32 Å². The first kappa shape index (κ1) is 13.7. The van der Waals surface area contributed by atoms with Crippen molar-refractivity contribution in [3.8, 4) is 0 Å². The molecule has 0 amide bonds. The van der Waals surface area contributed by atoms with Gasteiger partial charge in [0.2, 0.25) is 0 Å². The van der Waals surface area contributed by atoms with Gasteiger partial charge in [-0.2, -0.15) is 0 Å². The van der Waals surface area contributed by atoms with Crippen molar-refractivity contribution < 1.29 is 0 Å². The number of hydrogen-bond donors (Lipinski definition) is 1. The van der Waals surface area contributed by atoms with Gasteiger partial charge in [-0.1, -0.05) is 37.8 Å². The molecule has 3 aliphatic rings. The van der Waals surface area contributed by atoms with E-state index >= 15 is 0 Å². The maximum absolute atomic E-state index is 3.91. The Morgan fingerprint density at radius 1 is 1.11 bits per heavy atom. The van der Waals surface area contributed by atoms with Crippen LogP contribution in [0.3, 0.4) is 0 Å². The zero-order valence-electron chi connectivity index (χ0n) is 12.7. The number of fused-ring (bicyclic) bond motifs is 1. The van der Waals surface area contributed by atoms with Crippen LogP contribution < -0.4 is 5.32 Å². The smallest absolute Gasteiger partial charge is 0.0313 e. The van der Waals surface area contributed by atoms with Crippen molar-refractivity contribution in [2.24, 2.45) is 17.8 Å². The zero-order chi connectivity index (χ0) is 13.1. The van der Waals surface area contributed by atoms with E-state index in [2.05, 4.69) is 18.3 Å². The molecule has 19 heavy (non-hydrogen) atoms. The average molecular weight is 261 g/mol.